The minimum atomic E-state index is -0.317. The average Bonchev–Trinajstić information content (AvgIpc) is 2.81. The summed E-state index contributed by atoms with van der Waals surface area (Å²) in [5, 5.41) is 5.93. The molecule has 164 valence electrons. The predicted octanol–water partition coefficient (Wildman–Crippen LogP) is 6.14. The molecule has 0 bridgehead atoms. The van der Waals surface area contributed by atoms with Gasteiger partial charge in [-0.2, -0.15) is 0 Å². The van der Waals surface area contributed by atoms with E-state index in [2.05, 4.69) is 35.0 Å². The van der Waals surface area contributed by atoms with E-state index in [0.29, 0.717) is 5.39 Å². The molecule has 0 saturated carbocycles. The summed E-state index contributed by atoms with van der Waals surface area (Å²) in [6.45, 7) is 6.82. The highest BCUT2D eigenvalue weighted by atomic mass is 16.2. The molecule has 1 unspecified atom stereocenters. The highest BCUT2D eigenvalue weighted by Crippen LogP contribution is 2.25. The van der Waals surface area contributed by atoms with Gasteiger partial charge in [-0.1, -0.05) is 74.4 Å². The number of rotatable bonds is 7. The molecule has 0 radical (unpaired) electrons. The summed E-state index contributed by atoms with van der Waals surface area (Å²) >= 11 is 0. The predicted molar refractivity (Wildman–Crippen MR) is 132 cm³/mol. The van der Waals surface area contributed by atoms with Crippen LogP contribution in [-0.4, -0.2) is 10.5 Å². The first-order valence-corrected chi connectivity index (χ1v) is 11.4. The van der Waals surface area contributed by atoms with Gasteiger partial charge in [0.25, 0.3) is 5.91 Å². The van der Waals surface area contributed by atoms with E-state index in [1.807, 2.05) is 62.4 Å². The second-order valence-corrected chi connectivity index (χ2v) is 8.43. The molecule has 4 aromatic rings. The molecule has 1 atom stereocenters. The zero-order valence-electron chi connectivity index (χ0n) is 19.0. The molecule has 0 aliphatic rings. The molecule has 1 N–H and O–H groups in total. The van der Waals surface area contributed by atoms with Crippen molar-refractivity contribution in [2.75, 3.05) is 0 Å². The van der Waals surface area contributed by atoms with E-state index >= 15 is 0 Å². The number of hydrogen-bond acceptors (Lipinski definition) is 2. The number of hydrogen-bond donors (Lipinski definition) is 1. The van der Waals surface area contributed by atoms with Gasteiger partial charge in [0.15, 0.2) is 0 Å². The Balaban J connectivity index is 1.74. The molecule has 1 aromatic heterocycles. The van der Waals surface area contributed by atoms with E-state index in [4.69, 9.17) is 0 Å². The Kier molecular flexibility index (Phi) is 6.40. The SMILES string of the molecule is CCCCCn1c(C)c(C(=O)NC(C)c2cccc3ccccc23)c(=O)c2ccccc21. The topological polar surface area (TPSA) is 51.1 Å². The number of benzene rings is 3. The number of aromatic nitrogens is 1. The van der Waals surface area contributed by atoms with Gasteiger partial charge in [0.1, 0.15) is 5.56 Å². The molecule has 0 spiro atoms. The van der Waals surface area contributed by atoms with Crippen molar-refractivity contribution < 1.29 is 4.79 Å². The number of carbonyl (C=O) groups is 1. The van der Waals surface area contributed by atoms with E-state index in [9.17, 15) is 9.59 Å². The summed E-state index contributed by atoms with van der Waals surface area (Å²) in [7, 11) is 0. The van der Waals surface area contributed by atoms with Gasteiger partial charge in [0.05, 0.1) is 11.6 Å². The lowest BCUT2D eigenvalue weighted by Gasteiger charge is -2.20. The molecule has 4 heteroatoms. The first-order valence-electron chi connectivity index (χ1n) is 11.4. The first-order chi connectivity index (χ1) is 15.5. The van der Waals surface area contributed by atoms with Crippen LogP contribution in [0.4, 0.5) is 0 Å². The third-order valence-corrected chi connectivity index (χ3v) is 6.28. The number of amides is 1. The summed E-state index contributed by atoms with van der Waals surface area (Å²) in [5.41, 5.74) is 2.70. The number of para-hydroxylation sites is 1. The second kappa shape index (κ2) is 9.39. The lowest BCUT2D eigenvalue weighted by atomic mass is 9.99. The van der Waals surface area contributed by atoms with Crippen LogP contribution in [0.5, 0.6) is 0 Å². The number of nitrogens with one attached hydrogen (secondary N) is 1. The molecular weight excluding hydrogens is 396 g/mol. The molecule has 0 aliphatic carbocycles. The van der Waals surface area contributed by atoms with Gasteiger partial charge in [0.2, 0.25) is 5.43 Å². The monoisotopic (exact) mass is 426 g/mol. The Morgan fingerprint density at radius 2 is 1.62 bits per heavy atom. The quantitative estimate of drug-likeness (QED) is 0.361. The molecular formula is C28H30N2O2. The van der Waals surface area contributed by atoms with Gasteiger partial charge in [-0.25, -0.2) is 0 Å². The molecule has 0 saturated heterocycles. The van der Waals surface area contributed by atoms with E-state index in [0.717, 1.165) is 53.4 Å². The Labute approximate surface area is 188 Å². The minimum Gasteiger partial charge on any atom is -0.345 e. The standard InChI is InChI=1S/C28H30N2O2/c1-4-5-10-18-30-20(3)26(27(31)24-15-8-9-17-25(24)30)28(32)29-19(2)22-16-11-13-21-12-6-7-14-23(21)22/h6-9,11-17,19H,4-5,10,18H2,1-3H3,(H,29,32). The van der Waals surface area contributed by atoms with E-state index in [-0.39, 0.29) is 22.9 Å². The average molecular weight is 427 g/mol. The summed E-state index contributed by atoms with van der Waals surface area (Å²) < 4.78 is 2.13. The number of fused-ring (bicyclic) bond motifs is 2. The third-order valence-electron chi connectivity index (χ3n) is 6.28. The Bertz CT molecular complexity index is 1330. The van der Waals surface area contributed by atoms with Crippen LogP contribution in [0.2, 0.25) is 0 Å². The van der Waals surface area contributed by atoms with Crippen molar-refractivity contribution >= 4 is 27.6 Å². The molecule has 4 nitrogen and oxygen atoms in total. The van der Waals surface area contributed by atoms with Gasteiger partial charge in [0, 0.05) is 17.6 Å². The van der Waals surface area contributed by atoms with Crippen molar-refractivity contribution in [3.8, 4) is 0 Å². The third kappa shape index (κ3) is 4.05. The van der Waals surface area contributed by atoms with Gasteiger partial charge in [-0.05, 0) is 48.7 Å². The fourth-order valence-electron chi connectivity index (χ4n) is 4.57. The summed E-state index contributed by atoms with van der Waals surface area (Å²) in [6.07, 6.45) is 3.24. The van der Waals surface area contributed by atoms with Crippen LogP contribution in [-0.2, 0) is 6.54 Å². The molecule has 1 heterocycles. The van der Waals surface area contributed by atoms with Crippen molar-refractivity contribution in [1.29, 1.82) is 0 Å². The maximum absolute atomic E-state index is 13.4. The first kappa shape index (κ1) is 21.8. The van der Waals surface area contributed by atoms with Crippen LogP contribution in [0.3, 0.4) is 0 Å². The molecule has 1 amide bonds. The smallest absolute Gasteiger partial charge is 0.257 e. The number of carbonyl (C=O) groups excluding carboxylic acids is 1. The van der Waals surface area contributed by atoms with Crippen molar-refractivity contribution in [2.45, 2.75) is 52.6 Å². The number of aryl methyl sites for hydroxylation is 1. The van der Waals surface area contributed by atoms with E-state index < -0.39 is 0 Å². The fraction of sp³-hybridized carbons (Fsp3) is 0.286. The van der Waals surface area contributed by atoms with Gasteiger partial charge in [-0.3, -0.25) is 9.59 Å². The van der Waals surface area contributed by atoms with Crippen LogP contribution in [0.1, 0.15) is 60.8 Å². The van der Waals surface area contributed by atoms with Crippen molar-refractivity contribution in [2.24, 2.45) is 0 Å². The second-order valence-electron chi connectivity index (χ2n) is 8.43. The summed E-state index contributed by atoms with van der Waals surface area (Å²) in [5.74, 6) is -0.317. The van der Waals surface area contributed by atoms with Gasteiger partial charge in [-0.15, -0.1) is 0 Å². The Morgan fingerprint density at radius 1 is 0.938 bits per heavy atom. The molecule has 32 heavy (non-hydrogen) atoms. The lowest BCUT2D eigenvalue weighted by Crippen LogP contribution is -2.33. The van der Waals surface area contributed by atoms with Gasteiger partial charge >= 0.3 is 0 Å². The van der Waals surface area contributed by atoms with Crippen LogP contribution >= 0.6 is 0 Å². The van der Waals surface area contributed by atoms with Crippen molar-refractivity contribution in [1.82, 2.24) is 9.88 Å². The van der Waals surface area contributed by atoms with Crippen LogP contribution in [0.15, 0.2) is 71.5 Å². The maximum Gasteiger partial charge on any atom is 0.257 e. The van der Waals surface area contributed by atoms with Crippen molar-refractivity contribution in [3.05, 3.63) is 93.8 Å². The minimum absolute atomic E-state index is 0.201. The zero-order valence-corrected chi connectivity index (χ0v) is 19.0. The molecule has 4 rings (SSSR count). The van der Waals surface area contributed by atoms with E-state index in [1.165, 1.54) is 0 Å². The molecule has 0 aliphatic heterocycles. The Morgan fingerprint density at radius 3 is 2.41 bits per heavy atom. The normalized spacial score (nSPS) is 12.2. The van der Waals surface area contributed by atoms with Crippen molar-refractivity contribution in [3.63, 3.8) is 0 Å². The largest absolute Gasteiger partial charge is 0.345 e. The lowest BCUT2D eigenvalue weighted by molar-refractivity contribution is 0.0937. The number of nitrogens with zero attached hydrogens (tertiary/aromatic N) is 1. The van der Waals surface area contributed by atoms with Crippen LogP contribution < -0.4 is 10.7 Å². The molecule has 3 aromatic carbocycles. The highest BCUT2D eigenvalue weighted by molar-refractivity contribution is 5.99. The van der Waals surface area contributed by atoms with E-state index in [1.54, 1.807) is 0 Å². The van der Waals surface area contributed by atoms with Gasteiger partial charge < -0.3 is 9.88 Å². The van der Waals surface area contributed by atoms with Crippen LogP contribution in [0.25, 0.3) is 21.7 Å². The highest BCUT2D eigenvalue weighted by Gasteiger charge is 2.22. The zero-order chi connectivity index (χ0) is 22.7. The number of unbranched alkanes of at least 4 members (excludes halogenated alkanes) is 2. The number of pyridine rings is 1. The molecule has 0 fully saturated rings. The Hall–Kier alpha value is -3.40. The van der Waals surface area contributed by atoms with Crippen LogP contribution in [0, 0.1) is 6.92 Å². The summed E-state index contributed by atoms with van der Waals surface area (Å²) in [4.78, 5) is 26.7. The fourth-order valence-corrected chi connectivity index (χ4v) is 4.57. The summed E-state index contributed by atoms with van der Waals surface area (Å²) in [6, 6.07) is 21.6. The maximum atomic E-state index is 13.4.